The largest absolute Gasteiger partial charge is 0.396 e. The second-order valence-corrected chi connectivity index (χ2v) is 6.11. The molecule has 1 aliphatic rings. The first-order valence-electron chi connectivity index (χ1n) is 8.25. The SMILES string of the molecule is O=C(NCC(CCO)c1ccccc1)C1CCCc2[nH]ncc21. The third kappa shape index (κ3) is 3.62. The summed E-state index contributed by atoms with van der Waals surface area (Å²) in [4.78, 5) is 12.6. The van der Waals surface area contributed by atoms with Gasteiger partial charge in [-0.1, -0.05) is 30.3 Å². The lowest BCUT2D eigenvalue weighted by Gasteiger charge is -2.23. The maximum atomic E-state index is 12.6. The molecule has 1 amide bonds. The highest BCUT2D eigenvalue weighted by Crippen LogP contribution is 2.30. The second-order valence-electron chi connectivity index (χ2n) is 6.11. The summed E-state index contributed by atoms with van der Waals surface area (Å²) in [5.74, 6) is 0.0897. The van der Waals surface area contributed by atoms with Crippen molar-refractivity contribution in [3.8, 4) is 0 Å². The van der Waals surface area contributed by atoms with Gasteiger partial charge in [-0.05, 0) is 31.2 Å². The number of aromatic amines is 1. The number of fused-ring (bicyclic) bond motifs is 1. The Morgan fingerprint density at radius 2 is 2.22 bits per heavy atom. The van der Waals surface area contributed by atoms with Gasteiger partial charge in [-0.3, -0.25) is 9.89 Å². The van der Waals surface area contributed by atoms with Crippen LogP contribution in [-0.2, 0) is 11.2 Å². The van der Waals surface area contributed by atoms with E-state index in [1.165, 1.54) is 0 Å². The predicted octanol–water partition coefficient (Wildman–Crippen LogP) is 2.11. The maximum Gasteiger partial charge on any atom is 0.227 e. The maximum absolute atomic E-state index is 12.6. The van der Waals surface area contributed by atoms with Gasteiger partial charge in [0.1, 0.15) is 0 Å². The fourth-order valence-corrected chi connectivity index (χ4v) is 3.35. The van der Waals surface area contributed by atoms with E-state index in [9.17, 15) is 9.90 Å². The van der Waals surface area contributed by atoms with Gasteiger partial charge in [-0.25, -0.2) is 0 Å². The molecule has 0 fully saturated rings. The summed E-state index contributed by atoms with van der Waals surface area (Å²) < 4.78 is 0. The van der Waals surface area contributed by atoms with Crippen molar-refractivity contribution in [3.63, 3.8) is 0 Å². The monoisotopic (exact) mass is 313 g/mol. The van der Waals surface area contributed by atoms with E-state index in [1.807, 2.05) is 30.3 Å². The zero-order valence-corrected chi connectivity index (χ0v) is 13.2. The molecule has 0 radical (unpaired) electrons. The summed E-state index contributed by atoms with van der Waals surface area (Å²) in [6.07, 6.45) is 5.27. The molecule has 2 atom stereocenters. The van der Waals surface area contributed by atoms with Crippen LogP contribution >= 0.6 is 0 Å². The number of nitrogens with zero attached hydrogens (tertiary/aromatic N) is 1. The first-order chi connectivity index (χ1) is 11.3. The minimum atomic E-state index is -0.108. The second kappa shape index (κ2) is 7.42. The van der Waals surface area contributed by atoms with Crippen LogP contribution in [0.2, 0.25) is 0 Å². The minimum absolute atomic E-state index is 0.0613. The Morgan fingerprint density at radius 3 is 3.00 bits per heavy atom. The average Bonchev–Trinajstić information content (AvgIpc) is 3.07. The van der Waals surface area contributed by atoms with Crippen LogP contribution in [0.4, 0.5) is 0 Å². The first kappa shape index (κ1) is 15.7. The molecule has 23 heavy (non-hydrogen) atoms. The van der Waals surface area contributed by atoms with Crippen LogP contribution in [-0.4, -0.2) is 34.4 Å². The predicted molar refractivity (Wildman–Crippen MR) is 88.2 cm³/mol. The highest BCUT2D eigenvalue weighted by atomic mass is 16.3. The van der Waals surface area contributed by atoms with Crippen molar-refractivity contribution in [2.24, 2.45) is 0 Å². The third-order valence-electron chi connectivity index (χ3n) is 4.63. The standard InChI is InChI=1S/C18H23N3O2/c22-10-9-14(13-5-2-1-3-6-13)11-19-18(23)15-7-4-8-17-16(15)12-20-21-17/h1-3,5-6,12,14-15,22H,4,7-11H2,(H,19,23)(H,20,21). The van der Waals surface area contributed by atoms with Crippen LogP contribution in [0.1, 0.15) is 47.9 Å². The summed E-state index contributed by atoms with van der Waals surface area (Å²) in [5.41, 5.74) is 3.27. The van der Waals surface area contributed by atoms with E-state index < -0.39 is 0 Å². The fraction of sp³-hybridized carbons (Fsp3) is 0.444. The molecule has 3 N–H and O–H groups in total. The molecule has 0 spiro atoms. The Kier molecular flexibility index (Phi) is 5.08. The lowest BCUT2D eigenvalue weighted by Crippen LogP contribution is -2.34. The van der Waals surface area contributed by atoms with E-state index in [4.69, 9.17) is 0 Å². The molecule has 0 saturated carbocycles. The van der Waals surface area contributed by atoms with Gasteiger partial charge in [0.05, 0.1) is 12.1 Å². The van der Waals surface area contributed by atoms with Gasteiger partial charge in [0.2, 0.25) is 5.91 Å². The molecule has 1 aromatic carbocycles. The van der Waals surface area contributed by atoms with Crippen molar-refractivity contribution >= 4 is 5.91 Å². The Bertz CT molecular complexity index is 639. The van der Waals surface area contributed by atoms with Gasteiger partial charge in [-0.15, -0.1) is 0 Å². The Labute approximate surface area is 136 Å². The van der Waals surface area contributed by atoms with Crippen molar-refractivity contribution in [1.29, 1.82) is 0 Å². The normalized spacial score (nSPS) is 18.2. The number of aromatic nitrogens is 2. The number of hydrogen-bond acceptors (Lipinski definition) is 3. The van der Waals surface area contributed by atoms with E-state index in [2.05, 4.69) is 15.5 Å². The molecule has 2 unspecified atom stereocenters. The average molecular weight is 313 g/mol. The van der Waals surface area contributed by atoms with Crippen molar-refractivity contribution in [2.45, 2.75) is 37.5 Å². The van der Waals surface area contributed by atoms with Crippen molar-refractivity contribution in [3.05, 3.63) is 53.3 Å². The molecule has 1 aliphatic carbocycles. The molecular weight excluding hydrogens is 290 g/mol. The number of H-pyrrole nitrogens is 1. The fourth-order valence-electron chi connectivity index (χ4n) is 3.35. The minimum Gasteiger partial charge on any atom is -0.396 e. The summed E-state index contributed by atoms with van der Waals surface area (Å²) in [5, 5.41) is 19.4. The number of carbonyl (C=O) groups excluding carboxylic acids is 1. The van der Waals surface area contributed by atoms with Gasteiger partial charge in [0.15, 0.2) is 0 Å². The molecule has 3 rings (SSSR count). The van der Waals surface area contributed by atoms with Crippen molar-refractivity contribution < 1.29 is 9.90 Å². The molecular formula is C18H23N3O2. The van der Waals surface area contributed by atoms with Crippen molar-refractivity contribution in [2.75, 3.05) is 13.2 Å². The number of aliphatic hydroxyl groups is 1. The van der Waals surface area contributed by atoms with Gasteiger partial charge >= 0.3 is 0 Å². The Morgan fingerprint density at radius 1 is 1.39 bits per heavy atom. The molecule has 122 valence electrons. The van der Waals surface area contributed by atoms with E-state index >= 15 is 0 Å². The van der Waals surface area contributed by atoms with Gasteiger partial charge in [-0.2, -0.15) is 5.10 Å². The van der Waals surface area contributed by atoms with Gasteiger partial charge < -0.3 is 10.4 Å². The molecule has 2 aromatic rings. The summed E-state index contributed by atoms with van der Waals surface area (Å²) in [6.45, 7) is 0.665. The molecule has 1 aromatic heterocycles. The number of hydrogen-bond donors (Lipinski definition) is 3. The molecule has 0 saturated heterocycles. The topological polar surface area (TPSA) is 78.0 Å². The van der Waals surface area contributed by atoms with Crippen LogP contribution in [0.3, 0.4) is 0 Å². The highest BCUT2D eigenvalue weighted by molar-refractivity contribution is 5.84. The van der Waals surface area contributed by atoms with Crippen LogP contribution < -0.4 is 5.32 Å². The number of nitrogens with one attached hydrogen (secondary N) is 2. The quantitative estimate of drug-likeness (QED) is 0.764. The summed E-state index contributed by atoms with van der Waals surface area (Å²) >= 11 is 0. The smallest absolute Gasteiger partial charge is 0.227 e. The molecule has 1 heterocycles. The third-order valence-corrected chi connectivity index (χ3v) is 4.63. The van der Waals surface area contributed by atoms with Crippen LogP contribution in [0.5, 0.6) is 0 Å². The van der Waals surface area contributed by atoms with Crippen LogP contribution in [0.15, 0.2) is 36.5 Å². The number of amides is 1. The number of carbonyl (C=O) groups is 1. The molecule has 5 heteroatoms. The van der Waals surface area contributed by atoms with E-state index in [0.29, 0.717) is 13.0 Å². The van der Waals surface area contributed by atoms with E-state index in [1.54, 1.807) is 6.20 Å². The molecule has 0 bridgehead atoms. The Balaban J connectivity index is 1.64. The van der Waals surface area contributed by atoms with E-state index in [-0.39, 0.29) is 24.3 Å². The van der Waals surface area contributed by atoms with E-state index in [0.717, 1.165) is 36.1 Å². The summed E-state index contributed by atoms with van der Waals surface area (Å²) in [7, 11) is 0. The first-order valence-corrected chi connectivity index (χ1v) is 8.25. The van der Waals surface area contributed by atoms with Crippen LogP contribution in [0, 0.1) is 0 Å². The highest BCUT2D eigenvalue weighted by Gasteiger charge is 2.28. The van der Waals surface area contributed by atoms with Crippen LogP contribution in [0.25, 0.3) is 0 Å². The summed E-state index contributed by atoms with van der Waals surface area (Å²) in [6, 6.07) is 10.0. The number of aryl methyl sites for hydroxylation is 1. The lowest BCUT2D eigenvalue weighted by molar-refractivity contribution is -0.123. The van der Waals surface area contributed by atoms with Gasteiger partial charge in [0.25, 0.3) is 0 Å². The molecule has 0 aliphatic heterocycles. The van der Waals surface area contributed by atoms with Gasteiger partial charge in [0, 0.05) is 30.3 Å². The lowest BCUT2D eigenvalue weighted by atomic mass is 9.86. The zero-order valence-electron chi connectivity index (χ0n) is 13.2. The number of benzene rings is 1. The number of aliphatic hydroxyl groups excluding tert-OH is 1. The zero-order chi connectivity index (χ0) is 16.1. The number of rotatable bonds is 6. The molecule has 5 nitrogen and oxygen atoms in total. The van der Waals surface area contributed by atoms with Crippen molar-refractivity contribution in [1.82, 2.24) is 15.5 Å². The Hall–Kier alpha value is -2.14.